The Kier molecular flexibility index (Phi) is 3.04. The lowest BCUT2D eigenvalue weighted by molar-refractivity contribution is -0.111. The number of nitrogens with one attached hydrogen (secondary N) is 1. The molecule has 0 aliphatic rings. The molecule has 0 aliphatic heterocycles. The van der Waals surface area contributed by atoms with E-state index in [1.807, 2.05) is 13.0 Å². The van der Waals surface area contributed by atoms with Gasteiger partial charge in [-0.2, -0.15) is 0 Å². The lowest BCUT2D eigenvalue weighted by Crippen LogP contribution is -2.09. The van der Waals surface area contributed by atoms with Crippen LogP contribution in [-0.4, -0.2) is 10.9 Å². The monoisotopic (exact) mass is 174 g/mol. The fraction of sp³-hybridized carbons (Fsp3) is 0.200. The van der Waals surface area contributed by atoms with Crippen LogP contribution >= 0.6 is 0 Å². The number of nitrogens with zero attached hydrogens (tertiary/aromatic N) is 1. The SMILES string of the molecule is CC#CC(=O)Nc1cc(C)ccn1. The van der Waals surface area contributed by atoms with Crippen molar-refractivity contribution in [2.75, 3.05) is 5.32 Å². The summed E-state index contributed by atoms with van der Waals surface area (Å²) in [6.45, 7) is 3.55. The van der Waals surface area contributed by atoms with Crippen molar-refractivity contribution in [2.45, 2.75) is 13.8 Å². The molecule has 1 rings (SSSR count). The van der Waals surface area contributed by atoms with E-state index >= 15 is 0 Å². The van der Waals surface area contributed by atoms with E-state index in [1.165, 1.54) is 0 Å². The third kappa shape index (κ3) is 2.96. The molecule has 0 aliphatic carbocycles. The lowest BCUT2D eigenvalue weighted by atomic mass is 10.3. The third-order valence-corrected chi connectivity index (χ3v) is 1.40. The van der Waals surface area contributed by atoms with Crippen molar-refractivity contribution < 1.29 is 4.79 Å². The van der Waals surface area contributed by atoms with Crippen LogP contribution in [-0.2, 0) is 4.79 Å². The molecule has 13 heavy (non-hydrogen) atoms. The minimum atomic E-state index is -0.333. The van der Waals surface area contributed by atoms with E-state index in [1.54, 1.807) is 19.2 Å². The molecule has 0 unspecified atom stereocenters. The first-order valence-corrected chi connectivity index (χ1v) is 3.89. The third-order valence-electron chi connectivity index (χ3n) is 1.40. The molecule has 0 aromatic carbocycles. The lowest BCUT2D eigenvalue weighted by Gasteiger charge is -1.99. The summed E-state index contributed by atoms with van der Waals surface area (Å²) in [6, 6.07) is 3.65. The van der Waals surface area contributed by atoms with Crippen molar-refractivity contribution in [3.8, 4) is 11.8 Å². The number of carbonyl (C=O) groups excluding carboxylic acids is 1. The zero-order chi connectivity index (χ0) is 9.68. The van der Waals surface area contributed by atoms with E-state index in [4.69, 9.17) is 0 Å². The van der Waals surface area contributed by atoms with E-state index < -0.39 is 0 Å². The Balaban J connectivity index is 2.73. The van der Waals surface area contributed by atoms with E-state index in [0.717, 1.165) is 5.56 Å². The Morgan fingerprint density at radius 2 is 2.38 bits per heavy atom. The zero-order valence-electron chi connectivity index (χ0n) is 7.59. The van der Waals surface area contributed by atoms with E-state index in [9.17, 15) is 4.79 Å². The van der Waals surface area contributed by atoms with Gasteiger partial charge in [-0.1, -0.05) is 5.92 Å². The van der Waals surface area contributed by atoms with Crippen LogP contribution in [0.1, 0.15) is 12.5 Å². The fourth-order valence-corrected chi connectivity index (χ4v) is 0.866. The Hall–Kier alpha value is -1.82. The second-order valence-electron chi connectivity index (χ2n) is 2.55. The first kappa shape index (κ1) is 9.27. The predicted octanol–water partition coefficient (Wildman–Crippen LogP) is 1.35. The number of anilines is 1. The van der Waals surface area contributed by atoms with Gasteiger partial charge >= 0.3 is 5.91 Å². The van der Waals surface area contributed by atoms with Gasteiger partial charge in [0.25, 0.3) is 0 Å². The average Bonchev–Trinajstić information content (AvgIpc) is 2.04. The minimum Gasteiger partial charge on any atom is -0.300 e. The van der Waals surface area contributed by atoms with Gasteiger partial charge in [-0.3, -0.25) is 10.1 Å². The van der Waals surface area contributed by atoms with Crippen LogP contribution in [0.15, 0.2) is 18.3 Å². The van der Waals surface area contributed by atoms with Gasteiger partial charge in [0.2, 0.25) is 0 Å². The predicted molar refractivity (Wildman–Crippen MR) is 51.1 cm³/mol. The normalized spacial score (nSPS) is 8.46. The van der Waals surface area contributed by atoms with Gasteiger partial charge in [-0.15, -0.1) is 0 Å². The summed E-state index contributed by atoms with van der Waals surface area (Å²) in [5.74, 6) is 5.09. The van der Waals surface area contributed by atoms with Crippen LogP contribution in [0.25, 0.3) is 0 Å². The Morgan fingerprint density at radius 1 is 1.62 bits per heavy atom. The first-order chi connectivity index (χ1) is 6.22. The van der Waals surface area contributed by atoms with Gasteiger partial charge in [-0.25, -0.2) is 4.98 Å². The molecule has 0 fully saturated rings. The fourth-order valence-electron chi connectivity index (χ4n) is 0.866. The molecule has 0 atom stereocenters. The summed E-state index contributed by atoms with van der Waals surface area (Å²) in [5.41, 5.74) is 1.05. The standard InChI is InChI=1S/C10H10N2O/c1-3-4-10(13)12-9-7-8(2)5-6-11-9/h5-7H,1-2H3,(H,11,12,13). The van der Waals surface area contributed by atoms with Gasteiger partial charge in [0.05, 0.1) is 0 Å². The quantitative estimate of drug-likeness (QED) is 0.653. The minimum absolute atomic E-state index is 0.333. The van der Waals surface area contributed by atoms with E-state index in [-0.39, 0.29) is 5.91 Å². The Bertz CT molecular complexity index is 374. The summed E-state index contributed by atoms with van der Waals surface area (Å²) in [6.07, 6.45) is 1.64. The summed E-state index contributed by atoms with van der Waals surface area (Å²) in [7, 11) is 0. The number of aryl methyl sites for hydroxylation is 1. The number of rotatable bonds is 1. The van der Waals surface area contributed by atoms with Gasteiger partial charge in [0.15, 0.2) is 0 Å². The summed E-state index contributed by atoms with van der Waals surface area (Å²) in [4.78, 5) is 15.0. The number of hydrogen-bond donors (Lipinski definition) is 1. The smallest absolute Gasteiger partial charge is 0.300 e. The molecule has 3 nitrogen and oxygen atoms in total. The van der Waals surface area contributed by atoms with Gasteiger partial charge in [-0.05, 0) is 37.5 Å². The molecule has 3 heteroatoms. The highest BCUT2D eigenvalue weighted by atomic mass is 16.1. The van der Waals surface area contributed by atoms with Crippen LogP contribution in [0.3, 0.4) is 0 Å². The molecule has 1 heterocycles. The van der Waals surface area contributed by atoms with E-state index in [2.05, 4.69) is 22.1 Å². The van der Waals surface area contributed by atoms with Crippen molar-refractivity contribution in [2.24, 2.45) is 0 Å². The van der Waals surface area contributed by atoms with E-state index in [0.29, 0.717) is 5.82 Å². The molecule has 0 saturated heterocycles. The Morgan fingerprint density at radius 3 is 3.00 bits per heavy atom. The average molecular weight is 174 g/mol. The van der Waals surface area contributed by atoms with Crippen molar-refractivity contribution in [1.82, 2.24) is 4.98 Å². The van der Waals surface area contributed by atoms with Gasteiger partial charge in [0, 0.05) is 6.20 Å². The number of amides is 1. The molecule has 66 valence electrons. The molecule has 0 spiro atoms. The molecule has 1 N–H and O–H groups in total. The zero-order valence-corrected chi connectivity index (χ0v) is 7.59. The Labute approximate surface area is 77.2 Å². The van der Waals surface area contributed by atoms with Crippen LogP contribution in [0.4, 0.5) is 5.82 Å². The molecular weight excluding hydrogens is 164 g/mol. The van der Waals surface area contributed by atoms with Crippen LogP contribution in [0, 0.1) is 18.8 Å². The maximum Gasteiger partial charge on any atom is 0.301 e. The van der Waals surface area contributed by atoms with Crippen molar-refractivity contribution in [1.29, 1.82) is 0 Å². The highest BCUT2D eigenvalue weighted by Gasteiger charge is 1.97. The summed E-state index contributed by atoms with van der Waals surface area (Å²) in [5, 5.41) is 2.56. The molecule has 1 aromatic rings. The maximum atomic E-state index is 11.0. The number of hydrogen-bond acceptors (Lipinski definition) is 2. The topological polar surface area (TPSA) is 42.0 Å². The van der Waals surface area contributed by atoms with Crippen LogP contribution in [0.2, 0.25) is 0 Å². The molecule has 0 saturated carbocycles. The second-order valence-corrected chi connectivity index (χ2v) is 2.55. The molecule has 0 bridgehead atoms. The summed E-state index contributed by atoms with van der Waals surface area (Å²) < 4.78 is 0. The molecule has 0 radical (unpaired) electrons. The summed E-state index contributed by atoms with van der Waals surface area (Å²) >= 11 is 0. The largest absolute Gasteiger partial charge is 0.301 e. The number of pyridine rings is 1. The van der Waals surface area contributed by atoms with Crippen LogP contribution < -0.4 is 5.32 Å². The highest BCUT2D eigenvalue weighted by Crippen LogP contribution is 2.04. The first-order valence-electron chi connectivity index (χ1n) is 3.89. The van der Waals surface area contributed by atoms with Crippen molar-refractivity contribution in [3.63, 3.8) is 0 Å². The number of aromatic nitrogens is 1. The number of carbonyl (C=O) groups is 1. The second kappa shape index (κ2) is 4.27. The van der Waals surface area contributed by atoms with Gasteiger partial charge in [0.1, 0.15) is 5.82 Å². The molecular formula is C10H10N2O. The van der Waals surface area contributed by atoms with Crippen molar-refractivity contribution >= 4 is 11.7 Å². The maximum absolute atomic E-state index is 11.0. The molecule has 1 aromatic heterocycles. The molecule has 1 amide bonds. The van der Waals surface area contributed by atoms with Crippen LogP contribution in [0.5, 0.6) is 0 Å². The van der Waals surface area contributed by atoms with Crippen molar-refractivity contribution in [3.05, 3.63) is 23.9 Å². The highest BCUT2D eigenvalue weighted by molar-refractivity contribution is 6.03. The van der Waals surface area contributed by atoms with Gasteiger partial charge < -0.3 is 0 Å².